The average Bonchev–Trinajstić information content (AvgIpc) is 1.93. The van der Waals surface area contributed by atoms with Crippen molar-refractivity contribution in [1.29, 1.82) is 0 Å². The number of benzene rings is 1. The van der Waals surface area contributed by atoms with Gasteiger partial charge in [0.15, 0.2) is 0 Å². The minimum absolute atomic E-state index is 0.259. The molecule has 0 aliphatic rings. The molecular formula is C7H8BrNO. The minimum Gasteiger partial charge on any atom is -0.496 e. The van der Waals surface area contributed by atoms with E-state index in [2.05, 4.69) is 20.7 Å². The van der Waals surface area contributed by atoms with E-state index in [0.717, 1.165) is 0 Å². The summed E-state index contributed by atoms with van der Waals surface area (Å²) in [5.74, 6) is 0.259. The zero-order chi connectivity index (χ0) is 10.1. The van der Waals surface area contributed by atoms with Gasteiger partial charge >= 0.3 is 0 Å². The number of hydrogen-bond acceptors (Lipinski definition) is 2. The highest BCUT2D eigenvalue weighted by atomic mass is 79.9. The molecule has 0 saturated heterocycles. The molecule has 10 heavy (non-hydrogen) atoms. The van der Waals surface area contributed by atoms with Crippen LogP contribution in [0, 0.1) is 0 Å². The second-order valence-corrected chi connectivity index (χ2v) is 2.65. The molecule has 0 bridgehead atoms. The summed E-state index contributed by atoms with van der Waals surface area (Å²) in [5, 5.41) is 0. The number of rotatable bonds is 1. The Morgan fingerprint density at radius 3 is 3.10 bits per heavy atom. The summed E-state index contributed by atoms with van der Waals surface area (Å²) in [4.78, 5) is 0. The Kier molecular flexibility index (Phi) is 1.24. The van der Waals surface area contributed by atoms with Gasteiger partial charge in [-0.15, -0.1) is 0 Å². The molecule has 0 heterocycles. The largest absolute Gasteiger partial charge is 0.496 e. The lowest BCUT2D eigenvalue weighted by Crippen LogP contribution is -1.87. The van der Waals surface area contributed by atoms with Crippen LogP contribution in [0.25, 0.3) is 0 Å². The van der Waals surface area contributed by atoms with E-state index in [-0.39, 0.29) is 5.75 Å². The van der Waals surface area contributed by atoms with Crippen LogP contribution in [0.4, 0.5) is 5.69 Å². The molecular weight excluding hydrogens is 194 g/mol. The molecule has 1 aromatic rings. The fraction of sp³-hybridized carbons (Fsp3) is 0.143. The van der Waals surface area contributed by atoms with Crippen molar-refractivity contribution in [2.45, 2.75) is 0 Å². The quantitative estimate of drug-likeness (QED) is 0.712. The van der Waals surface area contributed by atoms with Crippen molar-refractivity contribution in [2.24, 2.45) is 0 Å². The summed E-state index contributed by atoms with van der Waals surface area (Å²) >= 11 is 3.14. The monoisotopic (exact) mass is 204 g/mol. The van der Waals surface area contributed by atoms with Gasteiger partial charge in [-0.3, -0.25) is 0 Å². The van der Waals surface area contributed by atoms with Crippen molar-refractivity contribution in [1.82, 2.24) is 0 Å². The molecule has 0 atom stereocenters. The van der Waals surface area contributed by atoms with Crippen molar-refractivity contribution in [3.8, 4) is 5.75 Å². The summed E-state index contributed by atoms with van der Waals surface area (Å²) < 4.78 is 25.9. The number of methoxy groups -OCH3 is 1. The lowest BCUT2D eigenvalue weighted by molar-refractivity contribution is 0.412. The van der Waals surface area contributed by atoms with Crippen LogP contribution in [0.5, 0.6) is 5.75 Å². The first-order chi connectivity index (χ1) is 5.88. The Morgan fingerprint density at radius 2 is 2.50 bits per heavy atom. The summed E-state index contributed by atoms with van der Waals surface area (Å²) in [6.07, 6.45) is 0. The van der Waals surface area contributed by atoms with E-state index < -0.39 is 7.04 Å². The zero-order valence-electron chi connectivity index (χ0n) is 8.10. The minimum atomic E-state index is -2.43. The van der Waals surface area contributed by atoms with Gasteiger partial charge in [-0.25, -0.2) is 0 Å². The Labute approximate surface area is 72.3 Å². The van der Waals surface area contributed by atoms with E-state index in [1.165, 1.54) is 6.07 Å². The molecule has 1 aromatic carbocycles. The molecule has 0 radical (unpaired) electrons. The van der Waals surface area contributed by atoms with Gasteiger partial charge in [0.2, 0.25) is 0 Å². The topological polar surface area (TPSA) is 35.2 Å². The van der Waals surface area contributed by atoms with E-state index in [1.807, 2.05) is 0 Å². The maximum Gasteiger partial charge on any atom is 0.133 e. The Morgan fingerprint density at radius 1 is 1.70 bits per heavy atom. The molecule has 0 aliphatic carbocycles. The highest BCUT2D eigenvalue weighted by Gasteiger charge is 1.97. The summed E-state index contributed by atoms with van der Waals surface area (Å²) in [5.41, 5.74) is 6.01. The molecule has 0 aliphatic heterocycles. The van der Waals surface area contributed by atoms with Crippen molar-refractivity contribution in [3.63, 3.8) is 0 Å². The molecule has 3 heteroatoms. The fourth-order valence-electron chi connectivity index (χ4n) is 0.600. The number of anilines is 1. The molecule has 0 spiro atoms. The first kappa shape index (κ1) is 4.23. The molecule has 1 rings (SSSR count). The summed E-state index contributed by atoms with van der Waals surface area (Å²) in [6, 6.07) is 4.67. The van der Waals surface area contributed by atoms with Crippen LogP contribution < -0.4 is 10.5 Å². The molecule has 0 aromatic heterocycles. The normalized spacial score (nSPS) is 15.1. The Balaban J connectivity index is 2.90. The summed E-state index contributed by atoms with van der Waals surface area (Å²) in [7, 11) is -2.43. The van der Waals surface area contributed by atoms with Gasteiger partial charge in [0, 0.05) is 5.69 Å². The Bertz CT molecular complexity index is 313. The van der Waals surface area contributed by atoms with Gasteiger partial charge in [0.25, 0.3) is 0 Å². The van der Waals surface area contributed by atoms with Crippen molar-refractivity contribution in [3.05, 3.63) is 22.7 Å². The van der Waals surface area contributed by atoms with Gasteiger partial charge in [0.1, 0.15) is 5.75 Å². The number of hydrogen-bond donors (Lipinski definition) is 1. The van der Waals surface area contributed by atoms with Gasteiger partial charge in [0.05, 0.1) is 15.6 Å². The Hall–Kier alpha value is -0.700. The predicted octanol–water partition coefficient (Wildman–Crippen LogP) is 2.04. The van der Waals surface area contributed by atoms with E-state index in [0.29, 0.717) is 10.2 Å². The maximum atomic E-state index is 6.88. The van der Waals surface area contributed by atoms with E-state index >= 15 is 0 Å². The van der Waals surface area contributed by atoms with Gasteiger partial charge in [-0.2, -0.15) is 0 Å². The molecule has 2 N–H and O–H groups in total. The van der Waals surface area contributed by atoms with Crippen LogP contribution >= 0.6 is 15.9 Å². The number of halogens is 1. The third-order valence-corrected chi connectivity index (χ3v) is 1.69. The third-order valence-electron chi connectivity index (χ3n) is 1.07. The van der Waals surface area contributed by atoms with E-state index in [1.54, 1.807) is 12.1 Å². The number of nitrogens with two attached hydrogens (primary N) is 1. The highest BCUT2D eigenvalue weighted by molar-refractivity contribution is 9.10. The van der Waals surface area contributed by atoms with Crippen molar-refractivity contribution in [2.75, 3.05) is 12.8 Å². The lowest BCUT2D eigenvalue weighted by atomic mass is 10.3. The second kappa shape index (κ2) is 2.92. The van der Waals surface area contributed by atoms with Gasteiger partial charge in [-0.05, 0) is 34.1 Å². The van der Waals surface area contributed by atoms with Crippen LogP contribution in [0.2, 0.25) is 0 Å². The third kappa shape index (κ3) is 1.42. The first-order valence-corrected chi connectivity index (χ1v) is 3.42. The molecule has 0 saturated carbocycles. The molecule has 54 valence electrons. The molecule has 0 fully saturated rings. The van der Waals surface area contributed by atoms with Crippen LogP contribution in [-0.4, -0.2) is 7.04 Å². The molecule has 0 unspecified atom stereocenters. The highest BCUT2D eigenvalue weighted by Crippen LogP contribution is 2.25. The van der Waals surface area contributed by atoms with Crippen molar-refractivity contribution < 1.29 is 8.85 Å². The van der Waals surface area contributed by atoms with Crippen LogP contribution in [0.15, 0.2) is 22.7 Å². The van der Waals surface area contributed by atoms with Gasteiger partial charge in [-0.1, -0.05) is 0 Å². The maximum absolute atomic E-state index is 6.88. The molecule has 0 amide bonds. The van der Waals surface area contributed by atoms with Gasteiger partial charge < -0.3 is 10.5 Å². The predicted molar refractivity (Wildman–Crippen MR) is 45.1 cm³/mol. The van der Waals surface area contributed by atoms with Crippen molar-refractivity contribution >= 4 is 21.6 Å². The molecule has 2 nitrogen and oxygen atoms in total. The standard InChI is InChI=1S/C7H8BrNO/c1-10-7-3-2-5(9)4-6(7)8/h2-4H,9H2,1H3/i1D3. The zero-order valence-corrected chi connectivity index (χ0v) is 6.68. The fourth-order valence-corrected chi connectivity index (χ4v) is 1.08. The van der Waals surface area contributed by atoms with E-state index in [4.69, 9.17) is 9.85 Å². The summed E-state index contributed by atoms with van der Waals surface area (Å²) in [6.45, 7) is 0. The lowest BCUT2D eigenvalue weighted by Gasteiger charge is -2.01. The number of nitrogen functional groups attached to an aromatic ring is 1. The SMILES string of the molecule is [2H]C([2H])([2H])Oc1ccc(N)cc1Br. The first-order valence-electron chi connectivity index (χ1n) is 4.12. The van der Waals surface area contributed by atoms with E-state index in [9.17, 15) is 0 Å². The van der Waals surface area contributed by atoms with Crippen LogP contribution in [0.1, 0.15) is 4.11 Å². The smallest absolute Gasteiger partial charge is 0.133 e. The van der Waals surface area contributed by atoms with Crippen LogP contribution in [-0.2, 0) is 0 Å². The second-order valence-electron chi connectivity index (χ2n) is 1.79. The van der Waals surface area contributed by atoms with Crippen LogP contribution in [0.3, 0.4) is 0 Å². The average molecular weight is 205 g/mol. The number of ether oxygens (including phenoxy) is 1.